The van der Waals surface area contributed by atoms with E-state index >= 15 is 0 Å². The van der Waals surface area contributed by atoms with Gasteiger partial charge in [-0.05, 0) is 6.92 Å². The summed E-state index contributed by atoms with van der Waals surface area (Å²) in [5.74, 6) is 2.62. The SMILES string of the molecule is CNc1ncnc(NC(C)c2nncn2C)c1OC. The Morgan fingerprint density at radius 1 is 1.32 bits per heavy atom. The molecule has 0 saturated carbocycles. The third-order valence-electron chi connectivity index (χ3n) is 2.73. The highest BCUT2D eigenvalue weighted by atomic mass is 16.5. The molecule has 0 fully saturated rings. The normalized spacial score (nSPS) is 12.0. The topological polar surface area (TPSA) is 89.8 Å². The fourth-order valence-electron chi connectivity index (χ4n) is 1.80. The maximum Gasteiger partial charge on any atom is 0.204 e. The van der Waals surface area contributed by atoms with Crippen molar-refractivity contribution in [2.45, 2.75) is 13.0 Å². The molecule has 19 heavy (non-hydrogen) atoms. The summed E-state index contributed by atoms with van der Waals surface area (Å²) in [7, 11) is 5.25. The lowest BCUT2D eigenvalue weighted by Gasteiger charge is -2.16. The lowest BCUT2D eigenvalue weighted by atomic mass is 10.3. The molecule has 102 valence electrons. The second-order valence-electron chi connectivity index (χ2n) is 4.02. The van der Waals surface area contributed by atoms with Gasteiger partial charge in [0.15, 0.2) is 17.5 Å². The maximum absolute atomic E-state index is 5.32. The van der Waals surface area contributed by atoms with Gasteiger partial charge in [-0.1, -0.05) is 0 Å². The van der Waals surface area contributed by atoms with E-state index in [1.54, 1.807) is 20.5 Å². The van der Waals surface area contributed by atoms with E-state index in [9.17, 15) is 0 Å². The second-order valence-corrected chi connectivity index (χ2v) is 4.02. The highest BCUT2D eigenvalue weighted by Crippen LogP contribution is 2.30. The molecule has 0 saturated heterocycles. The Hall–Kier alpha value is -2.38. The van der Waals surface area contributed by atoms with Gasteiger partial charge in [0.2, 0.25) is 5.75 Å². The number of nitrogens with zero attached hydrogens (tertiary/aromatic N) is 5. The van der Waals surface area contributed by atoms with E-state index in [-0.39, 0.29) is 6.04 Å². The number of rotatable bonds is 5. The number of aryl methyl sites for hydroxylation is 1. The molecule has 0 aliphatic carbocycles. The number of aromatic nitrogens is 5. The standard InChI is InChI=1S/C11H17N7O/c1-7(11-17-15-6-18(11)3)16-10-8(19-4)9(12-2)13-5-14-10/h5-7H,1-4H3,(H2,12,13,14,16). The van der Waals surface area contributed by atoms with Crippen LogP contribution in [-0.2, 0) is 7.05 Å². The Bertz CT molecular complexity index is 554. The van der Waals surface area contributed by atoms with Gasteiger partial charge >= 0.3 is 0 Å². The Morgan fingerprint density at radius 2 is 2.05 bits per heavy atom. The summed E-state index contributed by atoms with van der Waals surface area (Å²) in [6.07, 6.45) is 3.13. The molecule has 0 aromatic carbocycles. The van der Waals surface area contributed by atoms with Crippen molar-refractivity contribution >= 4 is 11.6 Å². The molecule has 1 unspecified atom stereocenters. The lowest BCUT2D eigenvalue weighted by Crippen LogP contribution is -2.14. The molecule has 0 aliphatic heterocycles. The van der Waals surface area contributed by atoms with Crippen LogP contribution in [0, 0.1) is 0 Å². The number of nitrogens with one attached hydrogen (secondary N) is 2. The van der Waals surface area contributed by atoms with Gasteiger partial charge in [0.05, 0.1) is 13.2 Å². The van der Waals surface area contributed by atoms with Crippen LogP contribution < -0.4 is 15.4 Å². The molecule has 0 bridgehead atoms. The Labute approximate surface area is 111 Å². The van der Waals surface area contributed by atoms with Crippen LogP contribution >= 0.6 is 0 Å². The Balaban J connectivity index is 2.26. The molecule has 1 atom stereocenters. The largest absolute Gasteiger partial charge is 0.490 e. The minimum atomic E-state index is -0.0546. The fraction of sp³-hybridized carbons (Fsp3) is 0.455. The molecule has 2 aromatic heterocycles. The summed E-state index contributed by atoms with van der Waals surface area (Å²) in [6, 6.07) is -0.0546. The molecule has 2 N–H and O–H groups in total. The second kappa shape index (κ2) is 5.51. The van der Waals surface area contributed by atoms with E-state index in [0.717, 1.165) is 5.82 Å². The summed E-state index contributed by atoms with van der Waals surface area (Å²) in [5.41, 5.74) is 0. The average Bonchev–Trinajstić information content (AvgIpc) is 2.84. The predicted molar refractivity (Wildman–Crippen MR) is 71.2 cm³/mol. The van der Waals surface area contributed by atoms with Crippen molar-refractivity contribution in [1.29, 1.82) is 0 Å². The molecule has 0 amide bonds. The van der Waals surface area contributed by atoms with E-state index < -0.39 is 0 Å². The van der Waals surface area contributed by atoms with Gasteiger partial charge in [-0.15, -0.1) is 10.2 Å². The number of hydrogen-bond acceptors (Lipinski definition) is 7. The van der Waals surface area contributed by atoms with E-state index in [1.165, 1.54) is 6.33 Å². The summed E-state index contributed by atoms with van der Waals surface area (Å²) < 4.78 is 7.17. The van der Waals surface area contributed by atoms with Crippen molar-refractivity contribution in [3.63, 3.8) is 0 Å². The lowest BCUT2D eigenvalue weighted by molar-refractivity contribution is 0.414. The van der Waals surface area contributed by atoms with Gasteiger partial charge in [-0.3, -0.25) is 0 Å². The summed E-state index contributed by atoms with van der Waals surface area (Å²) in [4.78, 5) is 8.29. The van der Waals surface area contributed by atoms with Crippen LogP contribution in [0.2, 0.25) is 0 Å². The van der Waals surface area contributed by atoms with Gasteiger partial charge in [0.1, 0.15) is 12.7 Å². The highest BCUT2D eigenvalue weighted by molar-refractivity contribution is 5.63. The zero-order valence-electron chi connectivity index (χ0n) is 11.4. The van der Waals surface area contributed by atoms with E-state index in [4.69, 9.17) is 4.74 Å². The summed E-state index contributed by atoms with van der Waals surface area (Å²) >= 11 is 0. The molecular weight excluding hydrogens is 246 g/mol. The van der Waals surface area contributed by atoms with Gasteiger partial charge in [0, 0.05) is 14.1 Å². The molecule has 0 radical (unpaired) electrons. The molecule has 0 spiro atoms. The van der Waals surface area contributed by atoms with Crippen LogP contribution in [0.3, 0.4) is 0 Å². The van der Waals surface area contributed by atoms with Crippen LogP contribution in [-0.4, -0.2) is 38.9 Å². The van der Waals surface area contributed by atoms with Crippen molar-refractivity contribution in [3.05, 3.63) is 18.5 Å². The smallest absolute Gasteiger partial charge is 0.204 e. The van der Waals surface area contributed by atoms with Gasteiger partial charge < -0.3 is 19.9 Å². The Morgan fingerprint density at radius 3 is 2.63 bits per heavy atom. The first kappa shape index (κ1) is 13.1. The molecule has 2 rings (SSSR count). The third-order valence-corrected chi connectivity index (χ3v) is 2.73. The van der Waals surface area contributed by atoms with Crippen molar-refractivity contribution < 1.29 is 4.74 Å². The van der Waals surface area contributed by atoms with Crippen molar-refractivity contribution in [2.24, 2.45) is 7.05 Å². The van der Waals surface area contributed by atoms with Gasteiger partial charge in [-0.2, -0.15) is 0 Å². The van der Waals surface area contributed by atoms with E-state index in [0.29, 0.717) is 17.4 Å². The third kappa shape index (κ3) is 2.56. The van der Waals surface area contributed by atoms with Crippen LogP contribution in [0.1, 0.15) is 18.8 Å². The van der Waals surface area contributed by atoms with Crippen LogP contribution in [0.15, 0.2) is 12.7 Å². The molecule has 8 heteroatoms. The zero-order valence-corrected chi connectivity index (χ0v) is 11.4. The zero-order chi connectivity index (χ0) is 13.8. The average molecular weight is 263 g/mol. The molecule has 2 heterocycles. The molecule has 0 aliphatic rings. The Kier molecular flexibility index (Phi) is 3.79. The van der Waals surface area contributed by atoms with Crippen LogP contribution in [0.25, 0.3) is 0 Å². The monoisotopic (exact) mass is 263 g/mol. The fourth-order valence-corrected chi connectivity index (χ4v) is 1.80. The maximum atomic E-state index is 5.32. The summed E-state index contributed by atoms with van der Waals surface area (Å²) in [5, 5.41) is 14.1. The minimum Gasteiger partial charge on any atom is -0.490 e. The minimum absolute atomic E-state index is 0.0546. The van der Waals surface area contributed by atoms with Gasteiger partial charge in [-0.25, -0.2) is 9.97 Å². The van der Waals surface area contributed by atoms with Crippen molar-refractivity contribution in [2.75, 3.05) is 24.8 Å². The van der Waals surface area contributed by atoms with Crippen molar-refractivity contribution in [1.82, 2.24) is 24.7 Å². The molecular formula is C11H17N7O. The first-order valence-electron chi connectivity index (χ1n) is 5.84. The number of methoxy groups -OCH3 is 1. The summed E-state index contributed by atoms with van der Waals surface area (Å²) in [6.45, 7) is 1.98. The van der Waals surface area contributed by atoms with E-state index in [2.05, 4.69) is 30.8 Å². The number of anilines is 2. The quantitative estimate of drug-likeness (QED) is 0.825. The van der Waals surface area contributed by atoms with E-state index in [1.807, 2.05) is 18.5 Å². The van der Waals surface area contributed by atoms with Crippen LogP contribution in [0.5, 0.6) is 5.75 Å². The number of ether oxygens (including phenoxy) is 1. The predicted octanol–water partition coefficient (Wildman–Crippen LogP) is 0.828. The number of hydrogen-bond donors (Lipinski definition) is 2. The van der Waals surface area contributed by atoms with Gasteiger partial charge in [0.25, 0.3) is 0 Å². The first-order valence-corrected chi connectivity index (χ1v) is 5.84. The van der Waals surface area contributed by atoms with Crippen LogP contribution in [0.4, 0.5) is 11.6 Å². The highest BCUT2D eigenvalue weighted by Gasteiger charge is 2.16. The first-order chi connectivity index (χ1) is 9.17. The molecule has 8 nitrogen and oxygen atoms in total. The van der Waals surface area contributed by atoms with Crippen molar-refractivity contribution in [3.8, 4) is 5.75 Å². The molecule has 2 aromatic rings.